The van der Waals surface area contributed by atoms with E-state index in [9.17, 15) is 9.59 Å². The molecule has 0 saturated heterocycles. The van der Waals surface area contributed by atoms with Crippen molar-refractivity contribution in [1.29, 1.82) is 0 Å². The zero-order valence-electron chi connectivity index (χ0n) is 15.2. The highest BCUT2D eigenvalue weighted by Crippen LogP contribution is 2.18. The molecule has 0 unspecified atom stereocenters. The summed E-state index contributed by atoms with van der Waals surface area (Å²) in [5.41, 5.74) is 1.97. The summed E-state index contributed by atoms with van der Waals surface area (Å²) < 4.78 is 4.92. The van der Waals surface area contributed by atoms with Crippen LogP contribution in [0.5, 0.6) is 0 Å². The zero-order valence-corrected chi connectivity index (χ0v) is 15.2. The summed E-state index contributed by atoms with van der Waals surface area (Å²) in [5.74, 6) is -0.269. The van der Waals surface area contributed by atoms with Crippen LogP contribution in [0.2, 0.25) is 0 Å². The minimum atomic E-state index is -0.166. The van der Waals surface area contributed by atoms with Gasteiger partial charge in [-0.2, -0.15) is 0 Å². The maximum Gasteiger partial charge on any atom is 0.258 e. The van der Waals surface area contributed by atoms with E-state index in [1.165, 1.54) is 0 Å². The Morgan fingerprint density at radius 3 is 2.54 bits per heavy atom. The predicted molar refractivity (Wildman–Crippen MR) is 104 cm³/mol. The first-order chi connectivity index (χ1) is 12.7. The fourth-order valence-electron chi connectivity index (χ4n) is 2.52. The van der Waals surface area contributed by atoms with Crippen molar-refractivity contribution in [3.8, 4) is 0 Å². The molecule has 2 aromatic rings. The number of hydrogen-bond donors (Lipinski definition) is 2. The van der Waals surface area contributed by atoms with Crippen molar-refractivity contribution in [1.82, 2.24) is 5.32 Å². The third kappa shape index (κ3) is 5.68. The number of para-hydroxylation sites is 1. The largest absolute Gasteiger partial charge is 0.383 e. The van der Waals surface area contributed by atoms with Crippen LogP contribution in [0.1, 0.15) is 17.3 Å². The highest BCUT2D eigenvalue weighted by molar-refractivity contribution is 6.07. The molecule has 0 heterocycles. The first kappa shape index (κ1) is 19.6. The lowest BCUT2D eigenvalue weighted by molar-refractivity contribution is -0.115. The molecule has 0 aromatic heterocycles. The number of carbonyl (C=O) groups excluding carboxylic acids is 2. The van der Waals surface area contributed by atoms with Gasteiger partial charge in [-0.15, -0.1) is 0 Å². The molecule has 0 spiro atoms. The topological polar surface area (TPSA) is 70.7 Å². The molecule has 2 N–H and O–H groups in total. The number of anilines is 2. The predicted octanol–water partition coefficient (Wildman–Crippen LogP) is 2.53. The monoisotopic (exact) mass is 355 g/mol. The Balaban J connectivity index is 2.03. The molecule has 6 heteroatoms. The molecule has 0 aliphatic rings. The van der Waals surface area contributed by atoms with E-state index in [4.69, 9.17) is 4.74 Å². The second-order valence-electron chi connectivity index (χ2n) is 5.68. The summed E-state index contributed by atoms with van der Waals surface area (Å²) in [6.45, 7) is 3.83. The third-order valence-corrected chi connectivity index (χ3v) is 3.79. The van der Waals surface area contributed by atoms with E-state index < -0.39 is 0 Å². The Morgan fingerprint density at radius 2 is 1.85 bits per heavy atom. The Bertz CT molecular complexity index is 719. The molecule has 0 aliphatic carbocycles. The molecule has 0 radical (unpaired) electrons. The van der Waals surface area contributed by atoms with Crippen molar-refractivity contribution in [3.05, 3.63) is 60.2 Å². The minimum Gasteiger partial charge on any atom is -0.383 e. The molecule has 0 fully saturated rings. The van der Waals surface area contributed by atoms with Gasteiger partial charge in [-0.05, 0) is 37.3 Å². The number of carbonyl (C=O) groups is 2. The molecular formula is C20H25N3O3. The van der Waals surface area contributed by atoms with Crippen LogP contribution in [0.25, 0.3) is 0 Å². The molecule has 0 bridgehead atoms. The van der Waals surface area contributed by atoms with Gasteiger partial charge in [-0.3, -0.25) is 9.59 Å². The van der Waals surface area contributed by atoms with Crippen molar-refractivity contribution < 1.29 is 14.3 Å². The molecular weight excluding hydrogens is 330 g/mol. The molecule has 2 aromatic carbocycles. The van der Waals surface area contributed by atoms with Crippen LogP contribution in [-0.2, 0) is 9.53 Å². The van der Waals surface area contributed by atoms with Crippen molar-refractivity contribution >= 4 is 23.2 Å². The summed E-state index contributed by atoms with van der Waals surface area (Å²) in [6.07, 6.45) is 0. The van der Waals surface area contributed by atoms with Crippen LogP contribution in [0.3, 0.4) is 0 Å². The fourth-order valence-corrected chi connectivity index (χ4v) is 2.52. The summed E-state index contributed by atoms with van der Waals surface area (Å²) in [5, 5.41) is 5.78. The fraction of sp³-hybridized carbons (Fsp3) is 0.300. The van der Waals surface area contributed by atoms with Crippen molar-refractivity contribution in [2.75, 3.05) is 43.6 Å². The van der Waals surface area contributed by atoms with E-state index >= 15 is 0 Å². The van der Waals surface area contributed by atoms with E-state index in [0.29, 0.717) is 30.9 Å². The van der Waals surface area contributed by atoms with Gasteiger partial charge >= 0.3 is 0 Å². The second-order valence-corrected chi connectivity index (χ2v) is 5.68. The minimum absolute atomic E-state index is 0.104. The quantitative estimate of drug-likeness (QED) is 0.678. The molecule has 0 aliphatic heterocycles. The Labute approximate surface area is 154 Å². The molecule has 0 atom stereocenters. The van der Waals surface area contributed by atoms with E-state index in [1.807, 2.05) is 37.3 Å². The maximum atomic E-state index is 12.8. The smallest absolute Gasteiger partial charge is 0.258 e. The van der Waals surface area contributed by atoms with Gasteiger partial charge in [0.1, 0.15) is 0 Å². The van der Waals surface area contributed by atoms with Crippen molar-refractivity contribution in [3.63, 3.8) is 0 Å². The van der Waals surface area contributed by atoms with E-state index in [-0.39, 0.29) is 18.4 Å². The van der Waals surface area contributed by atoms with E-state index in [2.05, 4.69) is 10.6 Å². The van der Waals surface area contributed by atoms with Crippen molar-refractivity contribution in [2.45, 2.75) is 6.92 Å². The average molecular weight is 355 g/mol. The Kier molecular flexibility index (Phi) is 7.79. The summed E-state index contributed by atoms with van der Waals surface area (Å²) in [4.78, 5) is 26.5. The van der Waals surface area contributed by atoms with Crippen LogP contribution < -0.4 is 15.5 Å². The van der Waals surface area contributed by atoms with Crippen molar-refractivity contribution in [2.24, 2.45) is 0 Å². The van der Waals surface area contributed by atoms with Crippen LogP contribution in [0.15, 0.2) is 54.6 Å². The third-order valence-electron chi connectivity index (χ3n) is 3.79. The number of amides is 2. The lowest BCUT2D eigenvalue weighted by atomic mass is 10.1. The van der Waals surface area contributed by atoms with Gasteiger partial charge in [0.2, 0.25) is 5.91 Å². The summed E-state index contributed by atoms with van der Waals surface area (Å²) in [7, 11) is 1.61. The maximum absolute atomic E-state index is 12.8. The Hall–Kier alpha value is -2.70. The summed E-state index contributed by atoms with van der Waals surface area (Å²) in [6, 6.07) is 16.5. The summed E-state index contributed by atoms with van der Waals surface area (Å²) >= 11 is 0. The highest BCUT2D eigenvalue weighted by Gasteiger charge is 2.16. The number of hydrogen-bond acceptors (Lipinski definition) is 4. The lowest BCUT2D eigenvalue weighted by Crippen LogP contribution is -2.31. The lowest BCUT2D eigenvalue weighted by Gasteiger charge is -2.21. The first-order valence-electron chi connectivity index (χ1n) is 8.62. The average Bonchev–Trinajstić information content (AvgIpc) is 2.67. The number of ether oxygens (including phenoxy) is 1. The van der Waals surface area contributed by atoms with Crippen LogP contribution in [0.4, 0.5) is 11.4 Å². The molecule has 2 rings (SSSR count). The van der Waals surface area contributed by atoms with E-state index in [1.54, 1.807) is 36.3 Å². The number of methoxy groups -OCH3 is 1. The highest BCUT2D eigenvalue weighted by atomic mass is 16.5. The second kappa shape index (κ2) is 10.3. The van der Waals surface area contributed by atoms with Gasteiger partial charge in [0.05, 0.1) is 13.2 Å². The number of benzene rings is 2. The number of nitrogens with one attached hydrogen (secondary N) is 2. The van der Waals surface area contributed by atoms with Gasteiger partial charge in [0.25, 0.3) is 5.91 Å². The van der Waals surface area contributed by atoms with Gasteiger partial charge in [0.15, 0.2) is 0 Å². The van der Waals surface area contributed by atoms with Gasteiger partial charge in [-0.1, -0.05) is 24.3 Å². The SMILES string of the molecule is CCN(C(=O)c1cccc(NC(=O)CNCCOC)c1)c1ccccc1. The molecule has 6 nitrogen and oxygen atoms in total. The van der Waals surface area contributed by atoms with Gasteiger partial charge < -0.3 is 20.3 Å². The standard InChI is InChI=1S/C20H25N3O3/c1-3-23(18-10-5-4-6-11-18)20(25)16-8-7-9-17(14-16)22-19(24)15-21-12-13-26-2/h4-11,14,21H,3,12-13,15H2,1-2H3,(H,22,24). The van der Waals surface area contributed by atoms with Crippen LogP contribution in [-0.4, -0.2) is 45.2 Å². The molecule has 138 valence electrons. The zero-order chi connectivity index (χ0) is 18.8. The molecule has 2 amide bonds. The number of nitrogens with zero attached hydrogens (tertiary/aromatic N) is 1. The number of rotatable bonds is 9. The van der Waals surface area contributed by atoms with Crippen LogP contribution >= 0.6 is 0 Å². The van der Waals surface area contributed by atoms with Crippen LogP contribution in [0, 0.1) is 0 Å². The Morgan fingerprint density at radius 1 is 1.08 bits per heavy atom. The normalized spacial score (nSPS) is 10.4. The molecule has 0 saturated carbocycles. The van der Waals surface area contributed by atoms with Gasteiger partial charge in [-0.25, -0.2) is 0 Å². The molecule has 26 heavy (non-hydrogen) atoms. The van der Waals surface area contributed by atoms with Gasteiger partial charge in [0, 0.05) is 37.1 Å². The first-order valence-corrected chi connectivity index (χ1v) is 8.62. The van der Waals surface area contributed by atoms with E-state index in [0.717, 1.165) is 5.69 Å².